The summed E-state index contributed by atoms with van der Waals surface area (Å²) in [6.45, 7) is 7.90. The van der Waals surface area contributed by atoms with Gasteiger partial charge in [-0.15, -0.1) is 30.6 Å². The molecule has 1 heterocycles. The van der Waals surface area contributed by atoms with E-state index in [2.05, 4.69) is 26.8 Å². The lowest BCUT2D eigenvalue weighted by molar-refractivity contribution is 0.186. The van der Waals surface area contributed by atoms with Gasteiger partial charge in [-0.1, -0.05) is 12.5 Å². The van der Waals surface area contributed by atoms with Crippen LogP contribution < -0.4 is 5.32 Å². The fourth-order valence-corrected chi connectivity index (χ4v) is 2.25. The number of pyridine rings is 1. The highest BCUT2D eigenvalue weighted by Crippen LogP contribution is 2.11. The molecule has 1 unspecified atom stereocenters. The van der Waals surface area contributed by atoms with Gasteiger partial charge in [-0.05, 0) is 43.9 Å². The number of nitrogens with zero attached hydrogens (tertiary/aromatic N) is 3. The molecule has 0 spiro atoms. The van der Waals surface area contributed by atoms with Crippen LogP contribution in [0.1, 0.15) is 44.3 Å². The number of rotatable bonds is 10. The van der Waals surface area contributed by atoms with E-state index in [0.29, 0.717) is 6.54 Å². The second kappa shape index (κ2) is 14.2. The largest absolute Gasteiger partial charge is 0.386 e. The van der Waals surface area contributed by atoms with Crippen LogP contribution in [0.25, 0.3) is 0 Å². The summed E-state index contributed by atoms with van der Waals surface area (Å²) in [4.78, 5) is 10.6. The SMILES string of the molecule is C=CCCCCCN(C)C(=NCC(O)c1ccncc1)NCC.I. The molecule has 0 fully saturated rings. The number of halogens is 1. The van der Waals surface area contributed by atoms with E-state index in [0.717, 1.165) is 37.5 Å². The third-order valence-electron chi connectivity index (χ3n) is 3.60. The van der Waals surface area contributed by atoms with E-state index in [1.54, 1.807) is 12.4 Å². The number of unbranched alkanes of at least 4 members (excludes halogenated alkanes) is 3. The van der Waals surface area contributed by atoms with Crippen molar-refractivity contribution in [3.05, 3.63) is 42.7 Å². The number of aliphatic hydroxyl groups is 1. The van der Waals surface area contributed by atoms with Gasteiger partial charge in [0.25, 0.3) is 0 Å². The Kier molecular flexibility index (Phi) is 13.5. The highest BCUT2D eigenvalue weighted by molar-refractivity contribution is 14.0. The third-order valence-corrected chi connectivity index (χ3v) is 3.60. The van der Waals surface area contributed by atoms with Crippen molar-refractivity contribution in [2.45, 2.75) is 38.7 Å². The maximum absolute atomic E-state index is 10.2. The molecule has 0 bridgehead atoms. The fraction of sp³-hybridized carbons (Fsp3) is 0.556. The first kappa shape index (κ1) is 22.9. The summed E-state index contributed by atoms with van der Waals surface area (Å²) in [6, 6.07) is 3.63. The van der Waals surface area contributed by atoms with Crippen LogP contribution in [0, 0.1) is 0 Å². The molecule has 1 aromatic heterocycles. The first-order chi connectivity index (χ1) is 11.2. The minimum Gasteiger partial charge on any atom is -0.386 e. The molecule has 1 aromatic rings. The highest BCUT2D eigenvalue weighted by atomic mass is 127. The van der Waals surface area contributed by atoms with Gasteiger partial charge in [-0.3, -0.25) is 9.98 Å². The van der Waals surface area contributed by atoms with Crippen molar-refractivity contribution in [3.63, 3.8) is 0 Å². The molecule has 0 saturated heterocycles. The van der Waals surface area contributed by atoms with Gasteiger partial charge in [0.05, 0.1) is 12.6 Å². The molecule has 6 heteroatoms. The van der Waals surface area contributed by atoms with E-state index in [1.165, 1.54) is 12.8 Å². The summed E-state index contributed by atoms with van der Waals surface area (Å²) in [6.07, 6.45) is 9.31. The van der Waals surface area contributed by atoms with Gasteiger partial charge in [0.1, 0.15) is 0 Å². The molecule has 136 valence electrons. The summed E-state index contributed by atoms with van der Waals surface area (Å²) in [5.74, 6) is 0.837. The molecule has 5 nitrogen and oxygen atoms in total. The van der Waals surface area contributed by atoms with E-state index in [4.69, 9.17) is 0 Å². The molecule has 1 rings (SSSR count). The first-order valence-corrected chi connectivity index (χ1v) is 8.37. The number of guanidine groups is 1. The number of aliphatic hydroxyl groups excluding tert-OH is 1. The predicted molar refractivity (Wildman–Crippen MR) is 112 cm³/mol. The molecular weight excluding hydrogens is 415 g/mol. The fourth-order valence-electron chi connectivity index (χ4n) is 2.25. The third kappa shape index (κ3) is 9.22. The zero-order valence-electron chi connectivity index (χ0n) is 14.8. The Morgan fingerprint density at radius 1 is 1.38 bits per heavy atom. The Morgan fingerprint density at radius 3 is 2.71 bits per heavy atom. The Labute approximate surface area is 163 Å². The maximum Gasteiger partial charge on any atom is 0.193 e. The monoisotopic (exact) mass is 446 g/mol. The van der Waals surface area contributed by atoms with Crippen LogP contribution in [-0.4, -0.2) is 47.6 Å². The Bertz CT molecular complexity index is 467. The molecule has 0 radical (unpaired) electrons. The lowest BCUT2D eigenvalue weighted by atomic mass is 10.1. The van der Waals surface area contributed by atoms with Crippen molar-refractivity contribution >= 4 is 29.9 Å². The zero-order chi connectivity index (χ0) is 16.9. The zero-order valence-corrected chi connectivity index (χ0v) is 17.1. The average molecular weight is 446 g/mol. The van der Waals surface area contributed by atoms with Gasteiger partial charge < -0.3 is 15.3 Å². The molecule has 1 atom stereocenters. The summed E-state index contributed by atoms with van der Waals surface area (Å²) < 4.78 is 0. The minimum absolute atomic E-state index is 0. The second-order valence-corrected chi connectivity index (χ2v) is 5.55. The van der Waals surface area contributed by atoms with E-state index in [-0.39, 0.29) is 24.0 Å². The Morgan fingerprint density at radius 2 is 2.08 bits per heavy atom. The van der Waals surface area contributed by atoms with Gasteiger partial charge in [0.2, 0.25) is 0 Å². The highest BCUT2D eigenvalue weighted by Gasteiger charge is 2.09. The van der Waals surface area contributed by atoms with Gasteiger partial charge in [0, 0.05) is 32.5 Å². The van der Waals surface area contributed by atoms with Crippen molar-refractivity contribution in [1.82, 2.24) is 15.2 Å². The molecule has 0 saturated carbocycles. The van der Waals surface area contributed by atoms with Crippen LogP contribution in [0.5, 0.6) is 0 Å². The standard InChI is InChI=1S/C18H30N4O.HI/c1-4-6-7-8-9-14-22(3)18(20-5-2)21-15-17(23)16-10-12-19-13-11-16;/h4,10-13,17,23H,1,5-9,14-15H2,2-3H3,(H,20,21);1H. The summed E-state index contributed by atoms with van der Waals surface area (Å²) in [5.41, 5.74) is 0.840. The van der Waals surface area contributed by atoms with Crippen molar-refractivity contribution in [3.8, 4) is 0 Å². The molecule has 0 aromatic carbocycles. The van der Waals surface area contributed by atoms with Gasteiger partial charge in [0.15, 0.2) is 5.96 Å². The van der Waals surface area contributed by atoms with Crippen molar-refractivity contribution in [2.24, 2.45) is 4.99 Å². The van der Waals surface area contributed by atoms with Gasteiger partial charge in [-0.25, -0.2) is 0 Å². The van der Waals surface area contributed by atoms with Crippen LogP contribution in [0.15, 0.2) is 42.2 Å². The maximum atomic E-state index is 10.2. The number of nitrogens with one attached hydrogen (secondary N) is 1. The predicted octanol–water partition coefficient (Wildman–Crippen LogP) is 3.38. The molecule has 2 N–H and O–H groups in total. The Hall–Kier alpha value is -1.15. The van der Waals surface area contributed by atoms with Crippen molar-refractivity contribution in [2.75, 3.05) is 26.7 Å². The Balaban J connectivity index is 0.00000529. The number of aliphatic imine (C=N–C) groups is 1. The molecule has 0 aliphatic carbocycles. The number of allylic oxidation sites excluding steroid dienone is 1. The van der Waals surface area contributed by atoms with E-state index in [1.807, 2.05) is 32.2 Å². The smallest absolute Gasteiger partial charge is 0.193 e. The lowest BCUT2D eigenvalue weighted by Gasteiger charge is -2.22. The number of aromatic nitrogens is 1. The van der Waals surface area contributed by atoms with Crippen molar-refractivity contribution < 1.29 is 5.11 Å². The summed E-state index contributed by atoms with van der Waals surface area (Å²) >= 11 is 0. The topological polar surface area (TPSA) is 60.8 Å². The normalized spacial score (nSPS) is 12.2. The van der Waals surface area contributed by atoms with E-state index in [9.17, 15) is 5.11 Å². The quantitative estimate of drug-likeness (QED) is 0.190. The van der Waals surface area contributed by atoms with Crippen LogP contribution in [0.2, 0.25) is 0 Å². The van der Waals surface area contributed by atoms with Gasteiger partial charge in [-0.2, -0.15) is 0 Å². The van der Waals surface area contributed by atoms with Crippen molar-refractivity contribution in [1.29, 1.82) is 0 Å². The average Bonchev–Trinajstić information content (AvgIpc) is 2.58. The summed E-state index contributed by atoms with van der Waals surface area (Å²) in [7, 11) is 2.04. The minimum atomic E-state index is -0.604. The van der Waals surface area contributed by atoms with Gasteiger partial charge >= 0.3 is 0 Å². The van der Waals surface area contributed by atoms with Crippen LogP contribution in [0.4, 0.5) is 0 Å². The van der Waals surface area contributed by atoms with E-state index >= 15 is 0 Å². The lowest BCUT2D eigenvalue weighted by Crippen LogP contribution is -2.39. The van der Waals surface area contributed by atoms with Crippen LogP contribution in [-0.2, 0) is 0 Å². The molecule has 0 aliphatic rings. The summed E-state index contributed by atoms with van der Waals surface area (Å²) in [5, 5.41) is 13.5. The number of hydrogen-bond acceptors (Lipinski definition) is 3. The number of hydrogen-bond donors (Lipinski definition) is 2. The molecule has 24 heavy (non-hydrogen) atoms. The van der Waals surface area contributed by atoms with Crippen LogP contribution in [0.3, 0.4) is 0 Å². The molecule has 0 aliphatic heterocycles. The molecular formula is C18H31IN4O. The second-order valence-electron chi connectivity index (χ2n) is 5.55. The molecule has 0 amide bonds. The first-order valence-electron chi connectivity index (χ1n) is 8.37. The van der Waals surface area contributed by atoms with E-state index < -0.39 is 6.10 Å². The van der Waals surface area contributed by atoms with Crippen LogP contribution >= 0.6 is 24.0 Å².